The van der Waals surface area contributed by atoms with Gasteiger partial charge in [0.05, 0.1) is 22.1 Å². The minimum absolute atomic E-state index is 0.0487. The lowest BCUT2D eigenvalue weighted by Crippen LogP contribution is -1.98. The second-order valence-electron chi connectivity index (χ2n) is 3.46. The van der Waals surface area contributed by atoms with E-state index in [0.29, 0.717) is 11.4 Å². The maximum absolute atomic E-state index is 13.1. The van der Waals surface area contributed by atoms with Gasteiger partial charge in [0.25, 0.3) is 0 Å². The van der Waals surface area contributed by atoms with Crippen molar-refractivity contribution in [3.63, 3.8) is 0 Å². The van der Waals surface area contributed by atoms with E-state index in [4.69, 9.17) is 17.3 Å². The van der Waals surface area contributed by atoms with E-state index in [2.05, 4.69) is 27.9 Å². The molecule has 0 saturated carbocycles. The maximum atomic E-state index is 13.1. The van der Waals surface area contributed by atoms with Crippen molar-refractivity contribution in [2.24, 2.45) is 0 Å². The molecule has 0 heterocycles. The number of nitrogens with one attached hydrogen (secondary N) is 1. The van der Waals surface area contributed by atoms with Gasteiger partial charge in [-0.05, 0) is 40.8 Å². The van der Waals surface area contributed by atoms with E-state index in [0.717, 1.165) is 9.26 Å². The Morgan fingerprint density at radius 3 is 2.59 bits per heavy atom. The smallest absolute Gasteiger partial charge is 0.143 e. The number of hydrogen-bond donors (Lipinski definition) is 2. The molecule has 17 heavy (non-hydrogen) atoms. The molecule has 0 bridgehead atoms. The minimum atomic E-state index is -0.516. The van der Waals surface area contributed by atoms with Gasteiger partial charge in [0.1, 0.15) is 5.82 Å². The third kappa shape index (κ3) is 2.81. The summed E-state index contributed by atoms with van der Waals surface area (Å²) in [6.45, 7) is 0. The van der Waals surface area contributed by atoms with E-state index in [9.17, 15) is 4.39 Å². The van der Waals surface area contributed by atoms with Crippen molar-refractivity contribution in [1.29, 1.82) is 0 Å². The Morgan fingerprint density at radius 1 is 1.18 bits per heavy atom. The number of benzene rings is 2. The predicted molar refractivity (Wildman–Crippen MR) is 78.3 cm³/mol. The second-order valence-corrected chi connectivity index (χ2v) is 5.03. The lowest BCUT2D eigenvalue weighted by Gasteiger charge is -2.11. The van der Waals surface area contributed by atoms with Gasteiger partial charge >= 0.3 is 0 Å². The van der Waals surface area contributed by atoms with Crippen LogP contribution < -0.4 is 11.1 Å². The van der Waals surface area contributed by atoms with E-state index in [1.54, 1.807) is 0 Å². The topological polar surface area (TPSA) is 38.0 Å². The molecule has 0 spiro atoms. The average molecular weight is 363 g/mol. The molecule has 2 aromatic carbocycles. The van der Waals surface area contributed by atoms with Crippen molar-refractivity contribution in [2.75, 3.05) is 11.1 Å². The molecule has 0 fully saturated rings. The molecule has 0 aliphatic heterocycles. The van der Waals surface area contributed by atoms with Crippen LogP contribution in [0.5, 0.6) is 0 Å². The highest BCUT2D eigenvalue weighted by atomic mass is 127. The fourth-order valence-corrected chi connectivity index (χ4v) is 2.06. The molecule has 5 heteroatoms. The van der Waals surface area contributed by atoms with Crippen LogP contribution in [-0.2, 0) is 0 Å². The molecule has 0 amide bonds. The maximum Gasteiger partial charge on any atom is 0.143 e. The van der Waals surface area contributed by atoms with Gasteiger partial charge in [-0.1, -0.05) is 23.7 Å². The standard InChI is InChI=1S/C12H9ClFIN2/c13-7-5-12(10(16)6-8(7)14)17-11-4-2-1-3-9(11)15/h1-6,17H,16H2. The summed E-state index contributed by atoms with van der Waals surface area (Å²) in [5.74, 6) is -0.516. The zero-order valence-corrected chi connectivity index (χ0v) is 11.6. The van der Waals surface area contributed by atoms with Gasteiger partial charge in [-0.25, -0.2) is 4.39 Å². The fraction of sp³-hybridized carbons (Fsp3) is 0. The van der Waals surface area contributed by atoms with E-state index in [-0.39, 0.29) is 5.02 Å². The minimum Gasteiger partial charge on any atom is -0.397 e. The number of hydrogen-bond acceptors (Lipinski definition) is 2. The molecule has 2 nitrogen and oxygen atoms in total. The van der Waals surface area contributed by atoms with Crippen LogP contribution in [0.4, 0.5) is 21.5 Å². The van der Waals surface area contributed by atoms with Gasteiger partial charge in [0.15, 0.2) is 0 Å². The molecular weight excluding hydrogens is 354 g/mol. The van der Waals surface area contributed by atoms with Crippen LogP contribution in [0.1, 0.15) is 0 Å². The third-order valence-corrected chi connectivity index (χ3v) is 3.47. The van der Waals surface area contributed by atoms with Crippen LogP contribution in [0.3, 0.4) is 0 Å². The van der Waals surface area contributed by atoms with Gasteiger partial charge in [0.2, 0.25) is 0 Å². The van der Waals surface area contributed by atoms with Crippen LogP contribution >= 0.6 is 34.2 Å². The molecule has 88 valence electrons. The van der Waals surface area contributed by atoms with Crippen LogP contribution in [0, 0.1) is 9.39 Å². The summed E-state index contributed by atoms with van der Waals surface area (Å²) in [5, 5.41) is 3.17. The molecule has 0 radical (unpaired) electrons. The Hall–Kier alpha value is -1.01. The molecule has 0 saturated heterocycles. The number of anilines is 3. The summed E-state index contributed by atoms with van der Waals surface area (Å²) in [6.07, 6.45) is 0. The van der Waals surface area contributed by atoms with Gasteiger partial charge < -0.3 is 11.1 Å². The summed E-state index contributed by atoms with van der Waals surface area (Å²) in [4.78, 5) is 0. The summed E-state index contributed by atoms with van der Waals surface area (Å²) < 4.78 is 14.2. The Bertz CT molecular complexity index is 560. The highest BCUT2D eigenvalue weighted by Crippen LogP contribution is 2.30. The molecule has 2 rings (SSSR count). The summed E-state index contributed by atoms with van der Waals surface area (Å²) in [7, 11) is 0. The number of halogens is 3. The van der Waals surface area contributed by atoms with E-state index in [1.165, 1.54) is 12.1 Å². The van der Waals surface area contributed by atoms with Crippen molar-refractivity contribution in [2.45, 2.75) is 0 Å². The second kappa shape index (κ2) is 5.10. The predicted octanol–water partition coefficient (Wildman–Crippen LogP) is 4.41. The van der Waals surface area contributed by atoms with Crippen molar-refractivity contribution in [1.82, 2.24) is 0 Å². The largest absolute Gasteiger partial charge is 0.397 e. The first-order valence-corrected chi connectivity index (χ1v) is 6.29. The Balaban J connectivity index is 2.37. The molecule has 0 aromatic heterocycles. The first-order valence-electron chi connectivity index (χ1n) is 4.84. The lowest BCUT2D eigenvalue weighted by molar-refractivity contribution is 0.629. The van der Waals surface area contributed by atoms with Gasteiger partial charge in [-0.2, -0.15) is 0 Å². The van der Waals surface area contributed by atoms with Crippen LogP contribution in [0.2, 0.25) is 5.02 Å². The number of rotatable bonds is 2. The van der Waals surface area contributed by atoms with E-state index < -0.39 is 5.82 Å². The fourth-order valence-electron chi connectivity index (χ4n) is 1.38. The third-order valence-electron chi connectivity index (χ3n) is 2.24. The van der Waals surface area contributed by atoms with Crippen molar-refractivity contribution in [3.05, 3.63) is 50.8 Å². The molecule has 3 N–H and O–H groups in total. The van der Waals surface area contributed by atoms with Crippen molar-refractivity contribution in [3.8, 4) is 0 Å². The van der Waals surface area contributed by atoms with Crippen LogP contribution in [0.15, 0.2) is 36.4 Å². The van der Waals surface area contributed by atoms with Gasteiger partial charge in [-0.15, -0.1) is 0 Å². The van der Waals surface area contributed by atoms with Crippen LogP contribution in [-0.4, -0.2) is 0 Å². The van der Waals surface area contributed by atoms with Crippen LogP contribution in [0.25, 0.3) is 0 Å². The quantitative estimate of drug-likeness (QED) is 0.613. The van der Waals surface area contributed by atoms with E-state index in [1.807, 2.05) is 24.3 Å². The zero-order valence-electron chi connectivity index (χ0n) is 8.68. The number of nitrogen functional groups attached to an aromatic ring is 1. The molecule has 0 aliphatic carbocycles. The number of nitrogens with two attached hydrogens (primary N) is 1. The molecule has 0 atom stereocenters. The Labute approximate surface area is 117 Å². The van der Waals surface area contributed by atoms with Gasteiger partial charge in [-0.3, -0.25) is 0 Å². The highest BCUT2D eigenvalue weighted by Gasteiger charge is 2.07. The highest BCUT2D eigenvalue weighted by molar-refractivity contribution is 14.1. The van der Waals surface area contributed by atoms with E-state index >= 15 is 0 Å². The summed E-state index contributed by atoms with van der Waals surface area (Å²) >= 11 is 7.92. The summed E-state index contributed by atoms with van der Waals surface area (Å²) in [6, 6.07) is 10.4. The monoisotopic (exact) mass is 362 g/mol. The average Bonchev–Trinajstić information content (AvgIpc) is 2.29. The molecular formula is C12H9ClFIN2. The van der Waals surface area contributed by atoms with Crippen molar-refractivity contribution < 1.29 is 4.39 Å². The molecule has 0 aliphatic rings. The number of para-hydroxylation sites is 1. The summed E-state index contributed by atoms with van der Waals surface area (Å²) in [5.41, 5.74) is 7.55. The first kappa shape index (κ1) is 12.4. The first-order chi connectivity index (χ1) is 8.08. The van der Waals surface area contributed by atoms with Gasteiger partial charge in [0, 0.05) is 9.64 Å². The Morgan fingerprint density at radius 2 is 1.88 bits per heavy atom. The Kier molecular flexibility index (Phi) is 3.73. The lowest BCUT2D eigenvalue weighted by atomic mass is 10.2. The zero-order chi connectivity index (χ0) is 12.4. The molecule has 0 unspecified atom stereocenters. The SMILES string of the molecule is Nc1cc(F)c(Cl)cc1Nc1ccccc1I. The molecule has 2 aromatic rings. The van der Waals surface area contributed by atoms with Crippen molar-refractivity contribution >= 4 is 51.3 Å². The normalized spacial score (nSPS) is 10.3.